The minimum absolute atomic E-state index is 0.566. The molecule has 0 radical (unpaired) electrons. The summed E-state index contributed by atoms with van der Waals surface area (Å²) in [5, 5.41) is 1.88. The van der Waals surface area contributed by atoms with Crippen LogP contribution in [0.4, 0.5) is 17.6 Å². The first-order valence-corrected chi connectivity index (χ1v) is 6.62. The molecule has 1 atom stereocenters. The summed E-state index contributed by atoms with van der Waals surface area (Å²) in [5.41, 5.74) is 0.566. The van der Waals surface area contributed by atoms with Crippen LogP contribution in [0.2, 0.25) is 0 Å². The molecule has 1 unspecified atom stereocenters. The number of rotatable bonds is 5. The van der Waals surface area contributed by atoms with Crippen molar-refractivity contribution in [2.75, 3.05) is 6.26 Å². The van der Waals surface area contributed by atoms with E-state index in [1.54, 1.807) is 24.3 Å². The Kier molecular flexibility index (Phi) is 5.22. The fraction of sp³-hybridized carbons (Fsp3) is 0.417. The second-order valence-corrected chi connectivity index (χ2v) is 4.77. The first-order chi connectivity index (χ1) is 8.78. The molecule has 19 heavy (non-hydrogen) atoms. The zero-order valence-corrected chi connectivity index (χ0v) is 11.1. The minimum Gasteiger partial charge on any atom is -0.344 e. The van der Waals surface area contributed by atoms with E-state index < -0.39 is 24.3 Å². The predicted molar refractivity (Wildman–Crippen MR) is 65.7 cm³/mol. The van der Waals surface area contributed by atoms with Crippen LogP contribution in [0.25, 0.3) is 0 Å². The van der Waals surface area contributed by atoms with Crippen LogP contribution in [-0.2, 0) is 4.79 Å². The maximum atomic E-state index is 12.8. The molecule has 1 aromatic carbocycles. The third kappa shape index (κ3) is 3.86. The van der Waals surface area contributed by atoms with E-state index in [1.807, 2.05) is 11.6 Å². The Hall–Kier alpha value is -1.24. The van der Waals surface area contributed by atoms with E-state index in [0.717, 1.165) is 4.90 Å². The Morgan fingerprint density at radius 1 is 1.26 bits per heavy atom. The Bertz CT molecular complexity index is 436. The Balaban J connectivity index is 2.73. The summed E-state index contributed by atoms with van der Waals surface area (Å²) in [6.07, 6.45) is -2.14. The van der Waals surface area contributed by atoms with Crippen LogP contribution in [0.5, 0.6) is 0 Å². The number of thioether (sulfide) groups is 1. The van der Waals surface area contributed by atoms with Gasteiger partial charge in [-0.1, -0.05) is 12.1 Å². The summed E-state index contributed by atoms with van der Waals surface area (Å²) < 4.78 is 49.5. The van der Waals surface area contributed by atoms with Crippen LogP contribution in [0.1, 0.15) is 18.5 Å². The molecule has 1 aromatic rings. The molecule has 0 aliphatic carbocycles. The van der Waals surface area contributed by atoms with E-state index in [0.29, 0.717) is 5.56 Å². The molecule has 106 valence electrons. The van der Waals surface area contributed by atoms with Gasteiger partial charge in [-0.15, -0.1) is 11.8 Å². The number of carbonyl (C=O) groups excluding carboxylic acids is 1. The van der Waals surface area contributed by atoms with Crippen molar-refractivity contribution in [3.63, 3.8) is 0 Å². The van der Waals surface area contributed by atoms with Crippen molar-refractivity contribution in [2.45, 2.75) is 30.2 Å². The van der Waals surface area contributed by atoms with Gasteiger partial charge in [-0.25, -0.2) is 8.78 Å². The van der Waals surface area contributed by atoms with Crippen LogP contribution >= 0.6 is 11.8 Å². The monoisotopic (exact) mass is 295 g/mol. The molecule has 0 aliphatic rings. The molecule has 0 saturated heterocycles. The normalized spacial score (nSPS) is 13.4. The largest absolute Gasteiger partial charge is 0.383 e. The Morgan fingerprint density at radius 2 is 1.79 bits per heavy atom. The number of alkyl halides is 4. The van der Waals surface area contributed by atoms with E-state index in [-0.39, 0.29) is 0 Å². The molecule has 1 rings (SSSR count). The van der Waals surface area contributed by atoms with Gasteiger partial charge in [0.05, 0.1) is 6.04 Å². The molecule has 1 N–H and O–H groups in total. The molecule has 0 heterocycles. The fourth-order valence-electron chi connectivity index (χ4n) is 1.37. The summed E-state index contributed by atoms with van der Waals surface area (Å²) in [6, 6.07) is 6.05. The zero-order valence-electron chi connectivity index (χ0n) is 10.3. The molecule has 2 nitrogen and oxygen atoms in total. The first kappa shape index (κ1) is 15.8. The lowest BCUT2D eigenvalue weighted by Gasteiger charge is -2.19. The number of benzene rings is 1. The van der Waals surface area contributed by atoms with Crippen LogP contribution < -0.4 is 5.32 Å². The van der Waals surface area contributed by atoms with Gasteiger partial charge < -0.3 is 5.32 Å². The van der Waals surface area contributed by atoms with Crippen molar-refractivity contribution in [1.82, 2.24) is 5.32 Å². The SMILES string of the molecule is CSc1ccc(C(C)NC(=O)C(F)(F)C(F)F)cc1. The lowest BCUT2D eigenvalue weighted by Crippen LogP contribution is -2.45. The van der Waals surface area contributed by atoms with Gasteiger partial charge in [0.2, 0.25) is 0 Å². The van der Waals surface area contributed by atoms with E-state index in [4.69, 9.17) is 0 Å². The average molecular weight is 295 g/mol. The molecule has 0 bridgehead atoms. The summed E-state index contributed by atoms with van der Waals surface area (Å²) in [7, 11) is 0. The minimum atomic E-state index is -4.67. The van der Waals surface area contributed by atoms with Gasteiger partial charge in [0, 0.05) is 4.90 Å². The molecular formula is C12H13F4NOS. The van der Waals surface area contributed by atoms with E-state index >= 15 is 0 Å². The van der Waals surface area contributed by atoms with Crippen molar-refractivity contribution in [2.24, 2.45) is 0 Å². The highest BCUT2D eigenvalue weighted by Gasteiger charge is 2.49. The number of carbonyl (C=O) groups is 1. The highest BCUT2D eigenvalue weighted by atomic mass is 32.2. The quantitative estimate of drug-likeness (QED) is 0.665. The highest BCUT2D eigenvalue weighted by molar-refractivity contribution is 7.98. The number of halogens is 4. The van der Waals surface area contributed by atoms with E-state index in [9.17, 15) is 22.4 Å². The fourth-order valence-corrected chi connectivity index (χ4v) is 1.78. The topological polar surface area (TPSA) is 29.1 Å². The number of nitrogens with one attached hydrogen (secondary N) is 1. The summed E-state index contributed by atoms with van der Waals surface area (Å²) in [5.74, 6) is -6.64. The van der Waals surface area contributed by atoms with Gasteiger partial charge >= 0.3 is 12.3 Å². The number of hydrogen-bond donors (Lipinski definition) is 1. The second kappa shape index (κ2) is 6.27. The van der Waals surface area contributed by atoms with Crippen molar-refractivity contribution in [3.05, 3.63) is 29.8 Å². The van der Waals surface area contributed by atoms with Gasteiger partial charge in [-0.2, -0.15) is 8.78 Å². The maximum absolute atomic E-state index is 12.8. The number of amides is 1. The summed E-state index contributed by atoms with van der Waals surface area (Å²) >= 11 is 1.50. The standard InChI is InChI=1S/C12H13F4NOS/c1-7(8-3-5-9(19-2)6-4-8)17-11(18)12(15,16)10(13)14/h3-7,10H,1-2H3,(H,17,18). The van der Waals surface area contributed by atoms with Crippen LogP contribution in [0, 0.1) is 0 Å². The predicted octanol–water partition coefficient (Wildman–Crippen LogP) is 3.49. The molecule has 7 heteroatoms. The van der Waals surface area contributed by atoms with Gasteiger partial charge in [0.25, 0.3) is 5.91 Å². The molecule has 0 fully saturated rings. The Morgan fingerprint density at radius 3 is 2.21 bits per heavy atom. The van der Waals surface area contributed by atoms with Gasteiger partial charge in [-0.05, 0) is 30.9 Å². The first-order valence-electron chi connectivity index (χ1n) is 5.40. The molecule has 1 amide bonds. The van der Waals surface area contributed by atoms with Gasteiger partial charge in [0.1, 0.15) is 0 Å². The number of hydrogen-bond acceptors (Lipinski definition) is 2. The van der Waals surface area contributed by atoms with Crippen molar-refractivity contribution in [3.8, 4) is 0 Å². The molecule has 0 saturated carbocycles. The van der Waals surface area contributed by atoms with Gasteiger partial charge in [0.15, 0.2) is 0 Å². The van der Waals surface area contributed by atoms with Crippen LogP contribution in [0.15, 0.2) is 29.2 Å². The van der Waals surface area contributed by atoms with E-state index in [1.165, 1.54) is 18.7 Å². The molecule has 0 spiro atoms. The Labute approximate surface area is 112 Å². The second-order valence-electron chi connectivity index (χ2n) is 3.89. The third-order valence-electron chi connectivity index (χ3n) is 2.54. The zero-order chi connectivity index (χ0) is 14.6. The van der Waals surface area contributed by atoms with Crippen molar-refractivity contribution < 1.29 is 22.4 Å². The van der Waals surface area contributed by atoms with E-state index in [2.05, 4.69) is 0 Å². The van der Waals surface area contributed by atoms with Crippen molar-refractivity contribution >= 4 is 17.7 Å². The average Bonchev–Trinajstić information content (AvgIpc) is 2.38. The molecule has 0 aromatic heterocycles. The summed E-state index contributed by atoms with van der Waals surface area (Å²) in [6.45, 7) is 1.45. The van der Waals surface area contributed by atoms with Crippen LogP contribution in [-0.4, -0.2) is 24.5 Å². The van der Waals surface area contributed by atoms with Crippen molar-refractivity contribution in [1.29, 1.82) is 0 Å². The maximum Gasteiger partial charge on any atom is 0.383 e. The highest BCUT2D eigenvalue weighted by Crippen LogP contribution is 2.25. The lowest BCUT2D eigenvalue weighted by molar-refractivity contribution is -0.170. The lowest BCUT2D eigenvalue weighted by atomic mass is 10.1. The molecular weight excluding hydrogens is 282 g/mol. The molecule has 0 aliphatic heterocycles. The smallest absolute Gasteiger partial charge is 0.344 e. The van der Waals surface area contributed by atoms with Crippen LogP contribution in [0.3, 0.4) is 0 Å². The van der Waals surface area contributed by atoms with Gasteiger partial charge in [-0.3, -0.25) is 4.79 Å². The third-order valence-corrected chi connectivity index (χ3v) is 3.28. The summed E-state index contributed by atoms with van der Waals surface area (Å²) in [4.78, 5) is 12.0.